The van der Waals surface area contributed by atoms with E-state index >= 15 is 0 Å². The number of benzene rings is 2. The summed E-state index contributed by atoms with van der Waals surface area (Å²) < 4.78 is 5.49. The van der Waals surface area contributed by atoms with Crippen molar-refractivity contribution in [2.45, 2.75) is 12.8 Å². The maximum Gasteiger partial charge on any atom is 0.269 e. The molecule has 0 atom stereocenters. The molecule has 8 heteroatoms. The molecule has 0 unspecified atom stereocenters. The van der Waals surface area contributed by atoms with E-state index in [1.54, 1.807) is 36.4 Å². The van der Waals surface area contributed by atoms with E-state index < -0.39 is 4.92 Å². The number of nitrogens with zero attached hydrogens (tertiary/aromatic N) is 2. The third-order valence-corrected chi connectivity index (χ3v) is 5.63. The molecule has 1 N–H and O–H groups in total. The Kier molecular flexibility index (Phi) is 6.34. The summed E-state index contributed by atoms with van der Waals surface area (Å²) in [6.07, 6.45) is 3.37. The molecular formula is C23H22ClN3O4. The van der Waals surface area contributed by atoms with Gasteiger partial charge in [-0.1, -0.05) is 11.6 Å². The first kappa shape index (κ1) is 21.1. The number of carbonyl (C=O) groups is 1. The van der Waals surface area contributed by atoms with Crippen LogP contribution in [0.4, 0.5) is 11.4 Å². The van der Waals surface area contributed by atoms with Crippen LogP contribution in [-0.4, -0.2) is 42.0 Å². The lowest BCUT2D eigenvalue weighted by atomic mass is 10.1. The van der Waals surface area contributed by atoms with Gasteiger partial charge in [-0.15, -0.1) is 0 Å². The molecular weight excluding hydrogens is 418 g/mol. The first-order valence-corrected chi connectivity index (χ1v) is 10.5. The molecule has 1 fully saturated rings. The maximum absolute atomic E-state index is 13.1. The van der Waals surface area contributed by atoms with Crippen LogP contribution in [0, 0.1) is 10.1 Å². The van der Waals surface area contributed by atoms with E-state index in [1.807, 2.05) is 6.08 Å². The van der Waals surface area contributed by atoms with Crippen LogP contribution < -0.4 is 5.32 Å². The molecule has 0 aromatic heterocycles. The number of nitro groups is 1. The van der Waals surface area contributed by atoms with Gasteiger partial charge in [0.1, 0.15) is 0 Å². The van der Waals surface area contributed by atoms with Gasteiger partial charge >= 0.3 is 0 Å². The molecule has 2 aromatic carbocycles. The molecule has 1 heterocycles. The smallest absolute Gasteiger partial charge is 0.269 e. The largest absolute Gasteiger partial charge is 0.378 e. The lowest BCUT2D eigenvalue weighted by Crippen LogP contribution is -2.36. The summed E-state index contributed by atoms with van der Waals surface area (Å²) in [4.78, 5) is 25.8. The van der Waals surface area contributed by atoms with Crippen molar-refractivity contribution in [3.8, 4) is 0 Å². The molecule has 0 radical (unpaired) electrons. The van der Waals surface area contributed by atoms with Crippen molar-refractivity contribution in [2.24, 2.45) is 0 Å². The number of ether oxygens (including phenoxy) is 1. The predicted molar refractivity (Wildman–Crippen MR) is 120 cm³/mol. The van der Waals surface area contributed by atoms with E-state index in [2.05, 4.69) is 10.2 Å². The molecule has 1 aliphatic carbocycles. The van der Waals surface area contributed by atoms with E-state index in [9.17, 15) is 14.9 Å². The summed E-state index contributed by atoms with van der Waals surface area (Å²) in [5, 5.41) is 14.5. The molecule has 1 amide bonds. The van der Waals surface area contributed by atoms with Gasteiger partial charge in [-0.3, -0.25) is 14.9 Å². The van der Waals surface area contributed by atoms with Crippen LogP contribution in [0.15, 0.2) is 65.4 Å². The number of morpholine rings is 1. The third-order valence-electron chi connectivity index (χ3n) is 5.38. The third kappa shape index (κ3) is 4.95. The summed E-state index contributed by atoms with van der Waals surface area (Å²) in [5.74, 6) is -0.129. The Morgan fingerprint density at radius 3 is 2.39 bits per heavy atom. The van der Waals surface area contributed by atoms with Crippen LogP contribution in [0.1, 0.15) is 18.4 Å². The molecule has 31 heavy (non-hydrogen) atoms. The average Bonchev–Trinajstić information content (AvgIpc) is 3.20. The SMILES string of the molecule is O=C(Nc1ccc(Cl)cc1)C1=C(N2CCOCC2)/C(=C/c2ccc([N+](=O)[O-])cc2)CC1. The van der Waals surface area contributed by atoms with Crippen molar-refractivity contribution >= 4 is 35.0 Å². The highest BCUT2D eigenvalue weighted by atomic mass is 35.5. The fourth-order valence-electron chi connectivity index (χ4n) is 3.87. The first-order chi connectivity index (χ1) is 15.0. The molecule has 1 saturated heterocycles. The maximum atomic E-state index is 13.1. The topological polar surface area (TPSA) is 84.7 Å². The summed E-state index contributed by atoms with van der Waals surface area (Å²) >= 11 is 5.94. The molecule has 0 spiro atoms. The standard InChI is InChI=1S/C23H22ClN3O4/c24-18-4-6-19(7-5-18)25-23(28)21-10-3-17(22(21)26-11-13-31-14-12-26)15-16-1-8-20(9-2-16)27(29)30/h1-2,4-9,15H,3,10-14H2,(H,25,28)/b17-15+. The number of allylic oxidation sites excluding steroid dienone is 1. The second kappa shape index (κ2) is 9.32. The summed E-state index contributed by atoms with van der Waals surface area (Å²) in [6, 6.07) is 13.5. The quantitative estimate of drug-likeness (QED) is 0.541. The normalized spacial score (nSPS) is 17.8. The molecule has 160 valence electrons. The minimum atomic E-state index is -0.412. The number of anilines is 1. The highest BCUT2D eigenvalue weighted by Gasteiger charge is 2.30. The van der Waals surface area contributed by atoms with Gasteiger partial charge in [0, 0.05) is 47.2 Å². The average molecular weight is 440 g/mol. The van der Waals surface area contributed by atoms with Crippen LogP contribution in [0.3, 0.4) is 0 Å². The van der Waals surface area contributed by atoms with Crippen molar-refractivity contribution in [1.82, 2.24) is 4.90 Å². The van der Waals surface area contributed by atoms with Crippen molar-refractivity contribution in [3.05, 3.63) is 86.1 Å². The van der Waals surface area contributed by atoms with Gasteiger partial charge in [0.05, 0.1) is 18.1 Å². The lowest BCUT2D eigenvalue weighted by Gasteiger charge is -2.31. The van der Waals surface area contributed by atoms with Crippen LogP contribution in [0.2, 0.25) is 5.02 Å². The van der Waals surface area contributed by atoms with E-state index in [0.29, 0.717) is 43.4 Å². The number of hydrogen-bond donors (Lipinski definition) is 1. The van der Waals surface area contributed by atoms with E-state index in [1.165, 1.54) is 12.1 Å². The van der Waals surface area contributed by atoms with Gasteiger partial charge in [-0.05, 0) is 66.5 Å². The number of hydrogen-bond acceptors (Lipinski definition) is 5. The second-order valence-corrected chi connectivity index (χ2v) is 7.84. The van der Waals surface area contributed by atoms with Crippen molar-refractivity contribution in [3.63, 3.8) is 0 Å². The Labute approximate surface area is 185 Å². The number of nitrogens with one attached hydrogen (secondary N) is 1. The van der Waals surface area contributed by atoms with Crippen LogP contribution in [0.25, 0.3) is 6.08 Å². The summed E-state index contributed by atoms with van der Waals surface area (Å²) in [7, 11) is 0. The monoisotopic (exact) mass is 439 g/mol. The Hall–Kier alpha value is -3.16. The van der Waals surface area contributed by atoms with E-state index in [4.69, 9.17) is 16.3 Å². The van der Waals surface area contributed by atoms with Gasteiger partial charge in [0.25, 0.3) is 11.6 Å². The van der Waals surface area contributed by atoms with Gasteiger partial charge < -0.3 is 15.0 Å². The number of non-ortho nitro benzene ring substituents is 1. The van der Waals surface area contributed by atoms with Crippen LogP contribution in [-0.2, 0) is 9.53 Å². The second-order valence-electron chi connectivity index (χ2n) is 7.41. The Morgan fingerprint density at radius 2 is 1.74 bits per heavy atom. The molecule has 2 aromatic rings. The molecule has 0 saturated carbocycles. The molecule has 0 bridgehead atoms. The van der Waals surface area contributed by atoms with E-state index in [0.717, 1.165) is 28.8 Å². The van der Waals surface area contributed by atoms with Gasteiger partial charge in [0.2, 0.25) is 0 Å². The van der Waals surface area contributed by atoms with Gasteiger partial charge in [-0.25, -0.2) is 0 Å². The molecule has 4 rings (SSSR count). The van der Waals surface area contributed by atoms with Gasteiger partial charge in [0.15, 0.2) is 0 Å². The van der Waals surface area contributed by atoms with Gasteiger partial charge in [-0.2, -0.15) is 0 Å². The van der Waals surface area contributed by atoms with Crippen molar-refractivity contribution in [2.75, 3.05) is 31.6 Å². The summed E-state index contributed by atoms with van der Waals surface area (Å²) in [6.45, 7) is 2.65. The first-order valence-electron chi connectivity index (χ1n) is 10.1. The van der Waals surface area contributed by atoms with E-state index in [-0.39, 0.29) is 11.6 Å². The zero-order valence-electron chi connectivity index (χ0n) is 16.8. The highest BCUT2D eigenvalue weighted by molar-refractivity contribution is 6.30. The minimum absolute atomic E-state index is 0.0561. The molecule has 7 nitrogen and oxygen atoms in total. The Morgan fingerprint density at radius 1 is 1.06 bits per heavy atom. The predicted octanol–water partition coefficient (Wildman–Crippen LogP) is 4.65. The number of amides is 1. The van der Waals surface area contributed by atoms with Crippen LogP contribution in [0.5, 0.6) is 0 Å². The number of halogens is 1. The van der Waals surface area contributed by atoms with Crippen molar-refractivity contribution < 1.29 is 14.5 Å². The number of nitro benzene ring substituents is 1. The fraction of sp³-hybridized carbons (Fsp3) is 0.261. The molecule has 1 aliphatic heterocycles. The number of rotatable bonds is 5. The zero-order chi connectivity index (χ0) is 21.8. The summed E-state index contributed by atoms with van der Waals surface area (Å²) in [5.41, 5.74) is 4.34. The zero-order valence-corrected chi connectivity index (χ0v) is 17.6. The van der Waals surface area contributed by atoms with Crippen molar-refractivity contribution in [1.29, 1.82) is 0 Å². The molecule has 2 aliphatic rings. The Bertz CT molecular complexity index is 1040. The lowest BCUT2D eigenvalue weighted by molar-refractivity contribution is -0.384. The fourth-order valence-corrected chi connectivity index (χ4v) is 3.99. The van der Waals surface area contributed by atoms with Crippen LogP contribution >= 0.6 is 11.6 Å². The minimum Gasteiger partial charge on any atom is -0.378 e. The number of carbonyl (C=O) groups excluding carboxylic acids is 1. The highest BCUT2D eigenvalue weighted by Crippen LogP contribution is 2.36. The Balaban J connectivity index is 1.65.